The Morgan fingerprint density at radius 2 is 2.06 bits per heavy atom. The molecule has 0 aliphatic carbocycles. The van der Waals surface area contributed by atoms with Crippen LogP contribution in [0.1, 0.15) is 30.9 Å². The van der Waals surface area contributed by atoms with Gasteiger partial charge in [-0.3, -0.25) is 11.3 Å². The van der Waals surface area contributed by atoms with Gasteiger partial charge in [0.25, 0.3) is 0 Å². The van der Waals surface area contributed by atoms with Crippen LogP contribution in [-0.4, -0.2) is 19.3 Å². The Hall–Kier alpha value is -0.900. The molecule has 96 valence electrons. The predicted molar refractivity (Wildman–Crippen MR) is 71.7 cm³/mol. The molecule has 0 aliphatic heterocycles. The molecule has 1 aromatic carbocycles. The Morgan fingerprint density at radius 1 is 1.35 bits per heavy atom. The lowest BCUT2D eigenvalue weighted by atomic mass is 9.96. The van der Waals surface area contributed by atoms with Crippen LogP contribution in [0.25, 0.3) is 0 Å². The van der Waals surface area contributed by atoms with Crippen LogP contribution in [0, 0.1) is 6.92 Å². The van der Waals surface area contributed by atoms with Gasteiger partial charge in [0.15, 0.2) is 0 Å². The molecule has 17 heavy (non-hydrogen) atoms. The number of methoxy groups -OCH3 is 1. The van der Waals surface area contributed by atoms with E-state index < -0.39 is 0 Å². The van der Waals surface area contributed by atoms with E-state index in [9.17, 15) is 0 Å². The molecule has 3 N–H and O–H groups in total. The molecule has 0 amide bonds. The van der Waals surface area contributed by atoms with Crippen molar-refractivity contribution in [1.29, 1.82) is 0 Å². The van der Waals surface area contributed by atoms with Gasteiger partial charge in [0.2, 0.25) is 0 Å². The van der Waals surface area contributed by atoms with Crippen molar-refractivity contribution in [1.82, 2.24) is 5.43 Å². The average Bonchev–Trinajstić information content (AvgIpc) is 2.35. The third kappa shape index (κ3) is 4.11. The molecule has 0 fully saturated rings. The van der Waals surface area contributed by atoms with E-state index in [2.05, 4.69) is 43.5 Å². The number of hydrazine groups is 1. The molecule has 3 nitrogen and oxygen atoms in total. The fraction of sp³-hybridized carbons (Fsp3) is 0.571. The van der Waals surface area contributed by atoms with Gasteiger partial charge in [-0.15, -0.1) is 0 Å². The Morgan fingerprint density at radius 3 is 2.59 bits per heavy atom. The molecule has 0 aliphatic rings. The molecule has 0 spiro atoms. The van der Waals surface area contributed by atoms with Crippen molar-refractivity contribution in [2.45, 2.75) is 45.3 Å². The summed E-state index contributed by atoms with van der Waals surface area (Å²) in [6, 6.07) is 8.57. The summed E-state index contributed by atoms with van der Waals surface area (Å²) < 4.78 is 5.51. The summed E-state index contributed by atoms with van der Waals surface area (Å²) in [5, 5.41) is 0. The minimum Gasteiger partial charge on any atom is -0.380 e. The molecule has 0 saturated carbocycles. The van der Waals surface area contributed by atoms with Gasteiger partial charge in [-0.2, -0.15) is 0 Å². The minimum absolute atomic E-state index is 0.168. The van der Waals surface area contributed by atoms with Gasteiger partial charge in [0.1, 0.15) is 0 Å². The third-order valence-corrected chi connectivity index (χ3v) is 3.24. The second-order valence-electron chi connectivity index (χ2n) is 4.47. The van der Waals surface area contributed by atoms with Gasteiger partial charge in [0, 0.05) is 7.11 Å². The van der Waals surface area contributed by atoms with Gasteiger partial charge in [-0.25, -0.2) is 0 Å². The van der Waals surface area contributed by atoms with Gasteiger partial charge >= 0.3 is 0 Å². The van der Waals surface area contributed by atoms with Crippen molar-refractivity contribution in [2.75, 3.05) is 7.11 Å². The Kier molecular flexibility index (Phi) is 6.19. The molecule has 1 rings (SSSR count). The maximum absolute atomic E-state index is 5.65. The average molecular weight is 236 g/mol. The van der Waals surface area contributed by atoms with Gasteiger partial charge < -0.3 is 4.74 Å². The first-order chi connectivity index (χ1) is 8.22. The molecule has 0 aromatic heterocycles. The van der Waals surface area contributed by atoms with E-state index in [1.165, 1.54) is 11.1 Å². The first kappa shape index (κ1) is 14.2. The number of hydrogen-bond acceptors (Lipinski definition) is 3. The number of aryl methyl sites for hydroxylation is 1. The van der Waals surface area contributed by atoms with Crippen molar-refractivity contribution in [3.63, 3.8) is 0 Å². The lowest BCUT2D eigenvalue weighted by Gasteiger charge is -2.25. The first-order valence-corrected chi connectivity index (χ1v) is 6.26. The highest BCUT2D eigenvalue weighted by Gasteiger charge is 2.20. The summed E-state index contributed by atoms with van der Waals surface area (Å²) in [6.07, 6.45) is 3.20. The SMILES string of the molecule is CCCC(OC)C(Cc1ccccc1C)NN. The monoisotopic (exact) mass is 236 g/mol. The second kappa shape index (κ2) is 7.43. The number of benzene rings is 1. The highest BCUT2D eigenvalue weighted by atomic mass is 16.5. The lowest BCUT2D eigenvalue weighted by molar-refractivity contribution is 0.0609. The zero-order valence-electron chi connectivity index (χ0n) is 11.1. The number of nitrogens with one attached hydrogen (secondary N) is 1. The standard InChI is InChI=1S/C14H24N2O/c1-4-7-14(17-3)13(16-15)10-12-9-6-5-8-11(12)2/h5-6,8-9,13-14,16H,4,7,10,15H2,1-3H3. The summed E-state index contributed by atoms with van der Waals surface area (Å²) in [5.74, 6) is 5.65. The molecule has 3 heteroatoms. The smallest absolute Gasteiger partial charge is 0.0740 e. The zero-order valence-corrected chi connectivity index (χ0v) is 11.1. The summed E-state index contributed by atoms with van der Waals surface area (Å²) in [4.78, 5) is 0. The first-order valence-electron chi connectivity index (χ1n) is 6.26. The topological polar surface area (TPSA) is 47.3 Å². The number of nitrogens with two attached hydrogens (primary N) is 1. The largest absolute Gasteiger partial charge is 0.380 e. The molecule has 1 aromatic rings. The maximum Gasteiger partial charge on any atom is 0.0740 e. The molecule has 0 bridgehead atoms. The van der Waals surface area contributed by atoms with Crippen LogP contribution in [-0.2, 0) is 11.2 Å². The summed E-state index contributed by atoms with van der Waals surface area (Å²) in [6.45, 7) is 4.29. The quantitative estimate of drug-likeness (QED) is 0.563. The number of ether oxygens (including phenoxy) is 1. The van der Waals surface area contributed by atoms with Gasteiger partial charge in [-0.05, 0) is 30.9 Å². The van der Waals surface area contributed by atoms with E-state index in [1.807, 2.05) is 0 Å². The van der Waals surface area contributed by atoms with Crippen molar-refractivity contribution in [2.24, 2.45) is 5.84 Å². The number of hydrogen-bond donors (Lipinski definition) is 2. The molecule has 0 radical (unpaired) electrons. The summed E-state index contributed by atoms with van der Waals surface area (Å²) >= 11 is 0. The third-order valence-electron chi connectivity index (χ3n) is 3.24. The second-order valence-corrected chi connectivity index (χ2v) is 4.47. The van der Waals surface area contributed by atoms with E-state index in [4.69, 9.17) is 10.6 Å². The Bertz CT molecular complexity index is 328. The summed E-state index contributed by atoms with van der Waals surface area (Å²) in [5.41, 5.74) is 5.52. The van der Waals surface area contributed by atoms with Crippen LogP contribution < -0.4 is 11.3 Å². The molecule has 2 unspecified atom stereocenters. The highest BCUT2D eigenvalue weighted by Crippen LogP contribution is 2.14. The van der Waals surface area contributed by atoms with Crippen molar-refractivity contribution in [3.8, 4) is 0 Å². The maximum atomic E-state index is 5.65. The van der Waals surface area contributed by atoms with Crippen LogP contribution >= 0.6 is 0 Å². The minimum atomic E-state index is 0.168. The molecular weight excluding hydrogens is 212 g/mol. The molecule has 2 atom stereocenters. The highest BCUT2D eigenvalue weighted by molar-refractivity contribution is 5.26. The van der Waals surface area contributed by atoms with Crippen LogP contribution in [0.3, 0.4) is 0 Å². The molecular formula is C14H24N2O. The fourth-order valence-electron chi connectivity index (χ4n) is 2.14. The van der Waals surface area contributed by atoms with Crippen LogP contribution in [0.15, 0.2) is 24.3 Å². The van der Waals surface area contributed by atoms with Crippen LogP contribution in [0.4, 0.5) is 0 Å². The van der Waals surface area contributed by atoms with E-state index >= 15 is 0 Å². The van der Waals surface area contributed by atoms with E-state index in [0.717, 1.165) is 19.3 Å². The van der Waals surface area contributed by atoms with Gasteiger partial charge in [-0.1, -0.05) is 37.6 Å². The van der Waals surface area contributed by atoms with E-state index in [0.29, 0.717) is 0 Å². The predicted octanol–water partition coefficient (Wildman–Crippen LogP) is 2.18. The van der Waals surface area contributed by atoms with Gasteiger partial charge in [0.05, 0.1) is 12.1 Å². The summed E-state index contributed by atoms with van der Waals surface area (Å²) in [7, 11) is 1.75. The van der Waals surface area contributed by atoms with E-state index in [-0.39, 0.29) is 12.1 Å². The van der Waals surface area contributed by atoms with Crippen molar-refractivity contribution >= 4 is 0 Å². The zero-order chi connectivity index (χ0) is 12.7. The van der Waals surface area contributed by atoms with Crippen molar-refractivity contribution < 1.29 is 4.74 Å². The fourth-order valence-corrected chi connectivity index (χ4v) is 2.14. The van der Waals surface area contributed by atoms with Crippen LogP contribution in [0.5, 0.6) is 0 Å². The number of rotatable bonds is 7. The van der Waals surface area contributed by atoms with Crippen molar-refractivity contribution in [3.05, 3.63) is 35.4 Å². The van der Waals surface area contributed by atoms with Crippen LogP contribution in [0.2, 0.25) is 0 Å². The normalized spacial score (nSPS) is 14.6. The lowest BCUT2D eigenvalue weighted by Crippen LogP contribution is -2.46. The molecule has 0 saturated heterocycles. The molecule has 0 heterocycles. The Labute approximate surface area is 104 Å². The Balaban J connectivity index is 2.72. The van der Waals surface area contributed by atoms with E-state index in [1.54, 1.807) is 7.11 Å².